The van der Waals surface area contributed by atoms with Crippen LogP contribution in [0.4, 0.5) is 0 Å². The van der Waals surface area contributed by atoms with E-state index in [1.165, 1.54) is 11.3 Å². The molecule has 3 aromatic rings. The van der Waals surface area contributed by atoms with Crippen molar-refractivity contribution in [3.05, 3.63) is 47.1 Å². The van der Waals surface area contributed by atoms with Crippen LogP contribution in [0.2, 0.25) is 0 Å². The molecule has 1 N–H and O–H groups in total. The molecule has 0 radical (unpaired) electrons. The fourth-order valence-electron chi connectivity index (χ4n) is 1.98. The first-order valence-corrected chi connectivity index (χ1v) is 7.21. The van der Waals surface area contributed by atoms with Crippen molar-refractivity contribution in [3.8, 4) is 16.4 Å². The van der Waals surface area contributed by atoms with Gasteiger partial charge in [-0.25, -0.2) is 4.98 Å². The fourth-order valence-corrected chi connectivity index (χ4v) is 2.81. The van der Waals surface area contributed by atoms with E-state index in [1.54, 1.807) is 4.68 Å². The number of aliphatic hydroxyl groups is 1. The van der Waals surface area contributed by atoms with Gasteiger partial charge in [0.2, 0.25) is 5.13 Å². The van der Waals surface area contributed by atoms with Crippen LogP contribution in [0.3, 0.4) is 0 Å². The lowest BCUT2D eigenvalue weighted by Gasteiger charge is -1.98. The fraction of sp³-hybridized carbons (Fsp3) is 0.214. The predicted molar refractivity (Wildman–Crippen MR) is 78.0 cm³/mol. The Bertz CT molecular complexity index is 705. The number of thiazole rings is 1. The quantitative estimate of drug-likeness (QED) is 0.799. The van der Waals surface area contributed by atoms with Crippen LogP contribution in [0.15, 0.2) is 35.7 Å². The molecule has 102 valence electrons. The molecule has 0 bridgehead atoms. The van der Waals surface area contributed by atoms with E-state index in [2.05, 4.69) is 15.3 Å². The van der Waals surface area contributed by atoms with Gasteiger partial charge in [-0.1, -0.05) is 35.5 Å². The molecule has 0 aliphatic heterocycles. The molecule has 0 atom stereocenters. The highest BCUT2D eigenvalue weighted by atomic mass is 32.1. The molecule has 1 aromatic carbocycles. The van der Waals surface area contributed by atoms with Crippen LogP contribution in [0.1, 0.15) is 11.4 Å². The van der Waals surface area contributed by atoms with Gasteiger partial charge in [0.15, 0.2) is 0 Å². The summed E-state index contributed by atoms with van der Waals surface area (Å²) in [6.07, 6.45) is 0.517. The van der Waals surface area contributed by atoms with Crippen LogP contribution in [0.5, 0.6) is 0 Å². The minimum atomic E-state index is 0.0761. The smallest absolute Gasteiger partial charge is 0.212 e. The van der Waals surface area contributed by atoms with Gasteiger partial charge in [-0.15, -0.1) is 16.4 Å². The van der Waals surface area contributed by atoms with Crippen LogP contribution >= 0.6 is 11.3 Å². The Kier molecular flexibility index (Phi) is 3.58. The summed E-state index contributed by atoms with van der Waals surface area (Å²) in [6, 6.07) is 10.0. The van der Waals surface area contributed by atoms with Gasteiger partial charge >= 0.3 is 0 Å². The van der Waals surface area contributed by atoms with Crippen LogP contribution in [-0.2, 0) is 6.42 Å². The molecule has 20 heavy (non-hydrogen) atoms. The largest absolute Gasteiger partial charge is 0.396 e. The molecule has 0 aliphatic rings. The van der Waals surface area contributed by atoms with Crippen LogP contribution in [-0.4, -0.2) is 31.7 Å². The van der Waals surface area contributed by atoms with E-state index in [0.717, 1.165) is 27.8 Å². The number of benzene rings is 1. The molecule has 0 aliphatic carbocycles. The van der Waals surface area contributed by atoms with Crippen molar-refractivity contribution in [3.63, 3.8) is 0 Å². The summed E-state index contributed by atoms with van der Waals surface area (Å²) in [6.45, 7) is 2.02. The third-order valence-corrected chi connectivity index (χ3v) is 3.90. The molecule has 0 amide bonds. The first-order valence-electron chi connectivity index (χ1n) is 6.33. The van der Waals surface area contributed by atoms with E-state index >= 15 is 0 Å². The lowest BCUT2D eigenvalue weighted by Crippen LogP contribution is -2.00. The van der Waals surface area contributed by atoms with Crippen molar-refractivity contribution in [1.82, 2.24) is 20.0 Å². The van der Waals surface area contributed by atoms with Gasteiger partial charge in [0.05, 0.1) is 17.1 Å². The number of rotatable bonds is 4. The van der Waals surface area contributed by atoms with E-state index < -0.39 is 0 Å². The molecular weight excluding hydrogens is 272 g/mol. The van der Waals surface area contributed by atoms with Crippen LogP contribution in [0, 0.1) is 6.92 Å². The Morgan fingerprint density at radius 1 is 1.25 bits per heavy atom. The summed E-state index contributed by atoms with van der Waals surface area (Å²) < 4.78 is 1.72. The number of hydrogen-bond donors (Lipinski definition) is 1. The molecule has 0 unspecified atom stereocenters. The second-order valence-corrected chi connectivity index (χ2v) is 5.22. The summed E-state index contributed by atoms with van der Waals surface area (Å²) in [4.78, 5) is 4.60. The van der Waals surface area contributed by atoms with Crippen molar-refractivity contribution < 1.29 is 5.11 Å². The Morgan fingerprint density at radius 3 is 2.80 bits per heavy atom. The predicted octanol–water partition coefficient (Wildman–Crippen LogP) is 2.23. The average Bonchev–Trinajstić information content (AvgIpc) is 3.08. The minimum absolute atomic E-state index is 0.0761. The van der Waals surface area contributed by atoms with E-state index in [4.69, 9.17) is 5.11 Å². The molecule has 0 saturated heterocycles. The lowest BCUT2D eigenvalue weighted by atomic mass is 10.2. The van der Waals surface area contributed by atoms with Gasteiger partial charge < -0.3 is 5.11 Å². The maximum atomic E-state index is 8.99. The van der Waals surface area contributed by atoms with Crippen molar-refractivity contribution in [2.24, 2.45) is 0 Å². The Labute approximate surface area is 120 Å². The van der Waals surface area contributed by atoms with E-state index in [-0.39, 0.29) is 6.61 Å². The van der Waals surface area contributed by atoms with Crippen LogP contribution in [0.25, 0.3) is 16.4 Å². The van der Waals surface area contributed by atoms with Crippen molar-refractivity contribution in [2.75, 3.05) is 6.61 Å². The highest BCUT2D eigenvalue weighted by Crippen LogP contribution is 2.24. The third-order valence-electron chi connectivity index (χ3n) is 3.08. The molecule has 2 heterocycles. The summed E-state index contributed by atoms with van der Waals surface area (Å²) >= 11 is 1.53. The zero-order valence-electron chi connectivity index (χ0n) is 11.0. The molecule has 2 aromatic heterocycles. The maximum absolute atomic E-state index is 8.99. The first kappa shape index (κ1) is 13.0. The van der Waals surface area contributed by atoms with Gasteiger partial charge in [0.1, 0.15) is 0 Å². The number of aromatic nitrogens is 4. The number of aliphatic hydroxyl groups excluding tert-OH is 1. The molecule has 3 rings (SSSR count). The Hall–Kier alpha value is -2.05. The second kappa shape index (κ2) is 5.52. The molecule has 6 heteroatoms. The van der Waals surface area contributed by atoms with Gasteiger partial charge in [-0.3, -0.25) is 0 Å². The zero-order chi connectivity index (χ0) is 13.9. The van der Waals surface area contributed by atoms with Crippen LogP contribution < -0.4 is 0 Å². The average molecular weight is 286 g/mol. The van der Waals surface area contributed by atoms with Crippen molar-refractivity contribution >= 4 is 11.3 Å². The monoisotopic (exact) mass is 286 g/mol. The number of nitrogens with zero attached hydrogens (tertiary/aromatic N) is 4. The summed E-state index contributed by atoms with van der Waals surface area (Å²) in [7, 11) is 0. The molecule has 5 nitrogen and oxygen atoms in total. The van der Waals surface area contributed by atoms with Crippen molar-refractivity contribution in [1.29, 1.82) is 0 Å². The molecular formula is C14H14N4OS. The normalized spacial score (nSPS) is 10.9. The summed E-state index contributed by atoms with van der Waals surface area (Å²) in [5.74, 6) is 0. The highest BCUT2D eigenvalue weighted by molar-refractivity contribution is 7.12. The Balaban J connectivity index is 1.94. The Morgan fingerprint density at radius 2 is 2.05 bits per heavy atom. The van der Waals surface area contributed by atoms with Gasteiger partial charge in [-0.05, 0) is 6.92 Å². The van der Waals surface area contributed by atoms with Gasteiger partial charge in [-0.2, -0.15) is 4.68 Å². The zero-order valence-corrected chi connectivity index (χ0v) is 11.8. The topological polar surface area (TPSA) is 63.8 Å². The van der Waals surface area contributed by atoms with Gasteiger partial charge in [0.25, 0.3) is 0 Å². The highest BCUT2D eigenvalue weighted by Gasteiger charge is 2.13. The number of hydrogen-bond acceptors (Lipinski definition) is 5. The molecule has 0 spiro atoms. The summed E-state index contributed by atoms with van der Waals surface area (Å²) in [5.41, 5.74) is 3.75. The minimum Gasteiger partial charge on any atom is -0.396 e. The van der Waals surface area contributed by atoms with E-state index in [0.29, 0.717) is 6.42 Å². The first-order chi connectivity index (χ1) is 9.79. The standard InChI is InChI=1S/C14H14N4OS/c1-10-12(7-8-19)16-17-18(10)14-15-13(9-20-14)11-5-3-2-4-6-11/h2-6,9,19H,7-8H2,1H3. The molecule has 0 saturated carbocycles. The third kappa shape index (κ3) is 2.35. The maximum Gasteiger partial charge on any atom is 0.212 e. The second-order valence-electron chi connectivity index (χ2n) is 4.39. The van der Waals surface area contributed by atoms with Crippen molar-refractivity contribution in [2.45, 2.75) is 13.3 Å². The van der Waals surface area contributed by atoms with E-state index in [1.807, 2.05) is 42.6 Å². The van der Waals surface area contributed by atoms with Gasteiger partial charge in [0, 0.05) is 24.0 Å². The lowest BCUT2D eigenvalue weighted by molar-refractivity contribution is 0.298. The van der Waals surface area contributed by atoms with E-state index in [9.17, 15) is 0 Å². The molecule has 0 fully saturated rings. The SMILES string of the molecule is Cc1c(CCO)nnn1-c1nc(-c2ccccc2)cs1. The summed E-state index contributed by atoms with van der Waals surface area (Å²) in [5, 5.41) is 20.0.